The molecule has 2 heterocycles. The van der Waals surface area contributed by atoms with Gasteiger partial charge in [-0.1, -0.05) is 17.3 Å². The van der Waals surface area contributed by atoms with Crippen LogP contribution in [-0.4, -0.2) is 43.7 Å². The van der Waals surface area contributed by atoms with Gasteiger partial charge in [-0.3, -0.25) is 4.79 Å². The van der Waals surface area contributed by atoms with Crippen molar-refractivity contribution < 1.29 is 9.42 Å². The highest BCUT2D eigenvalue weighted by Crippen LogP contribution is 2.15. The highest BCUT2D eigenvalue weighted by Gasteiger charge is 2.20. The Bertz CT molecular complexity index is 915. The van der Waals surface area contributed by atoms with Crippen LogP contribution in [0.5, 0.6) is 0 Å². The van der Waals surface area contributed by atoms with E-state index in [-0.39, 0.29) is 17.3 Å². The van der Waals surface area contributed by atoms with Crippen LogP contribution in [-0.2, 0) is 0 Å². The molecule has 25 heavy (non-hydrogen) atoms. The number of benzene rings is 1. The molecule has 0 aliphatic carbocycles. The van der Waals surface area contributed by atoms with E-state index in [0.717, 1.165) is 10.5 Å². The third-order valence-electron chi connectivity index (χ3n) is 3.30. The van der Waals surface area contributed by atoms with E-state index < -0.39 is 5.91 Å². The van der Waals surface area contributed by atoms with Gasteiger partial charge in [0.25, 0.3) is 5.91 Å². The highest BCUT2D eigenvalue weighted by atomic mass is 32.2. The number of thioether (sulfide) groups is 1. The molecule has 10 nitrogen and oxygen atoms in total. The summed E-state index contributed by atoms with van der Waals surface area (Å²) in [7, 11) is 0. The first-order chi connectivity index (χ1) is 12.1. The standard InChI is InChI=1S/C14H14N8O2S/c1-8-11(17-21-22(8)13-12(15)19-24-20-13)14(23)18-16-7-9-3-5-10(25-2)6-4-9/h3-7H,1-2H3,(H2,15,19)(H,18,23)/b16-7+. The van der Waals surface area contributed by atoms with Crippen molar-refractivity contribution in [3.8, 4) is 5.82 Å². The average molecular weight is 358 g/mol. The SMILES string of the molecule is CSc1ccc(/C=N/NC(=O)c2nnn(-c3nonc3N)c2C)cc1. The van der Waals surface area contributed by atoms with Crippen LogP contribution in [0.15, 0.2) is 38.9 Å². The summed E-state index contributed by atoms with van der Waals surface area (Å²) in [5, 5.41) is 18.7. The third-order valence-corrected chi connectivity index (χ3v) is 4.04. The number of anilines is 1. The van der Waals surface area contributed by atoms with E-state index in [1.165, 1.54) is 4.68 Å². The predicted molar refractivity (Wildman–Crippen MR) is 91.6 cm³/mol. The zero-order chi connectivity index (χ0) is 17.8. The van der Waals surface area contributed by atoms with E-state index in [1.54, 1.807) is 24.9 Å². The maximum absolute atomic E-state index is 12.2. The number of nitrogens with two attached hydrogens (primary N) is 1. The lowest BCUT2D eigenvalue weighted by Crippen LogP contribution is -2.19. The third kappa shape index (κ3) is 3.50. The fourth-order valence-electron chi connectivity index (χ4n) is 1.99. The van der Waals surface area contributed by atoms with Gasteiger partial charge in [0.05, 0.1) is 11.9 Å². The summed E-state index contributed by atoms with van der Waals surface area (Å²) >= 11 is 1.65. The number of carbonyl (C=O) groups is 1. The quantitative estimate of drug-likeness (QED) is 0.392. The first kappa shape index (κ1) is 16.6. The van der Waals surface area contributed by atoms with Crippen molar-refractivity contribution >= 4 is 29.7 Å². The maximum atomic E-state index is 12.2. The molecule has 0 atom stereocenters. The van der Waals surface area contributed by atoms with Crippen molar-refractivity contribution in [3.63, 3.8) is 0 Å². The Balaban J connectivity index is 1.70. The Morgan fingerprint density at radius 2 is 2.12 bits per heavy atom. The second-order valence-electron chi connectivity index (χ2n) is 4.88. The highest BCUT2D eigenvalue weighted by molar-refractivity contribution is 7.98. The van der Waals surface area contributed by atoms with Crippen LogP contribution < -0.4 is 11.2 Å². The maximum Gasteiger partial charge on any atom is 0.293 e. The molecule has 11 heteroatoms. The Kier molecular flexibility index (Phi) is 4.75. The summed E-state index contributed by atoms with van der Waals surface area (Å²) in [5.74, 6) is -0.288. The monoisotopic (exact) mass is 358 g/mol. The summed E-state index contributed by atoms with van der Waals surface area (Å²) in [6.07, 6.45) is 3.54. The molecule has 0 saturated heterocycles. The Morgan fingerprint density at radius 1 is 1.36 bits per heavy atom. The number of nitrogens with one attached hydrogen (secondary N) is 1. The zero-order valence-electron chi connectivity index (χ0n) is 13.4. The Labute approximate surface area is 146 Å². The Hall–Kier alpha value is -3.21. The van der Waals surface area contributed by atoms with Crippen molar-refractivity contribution in [1.82, 2.24) is 30.7 Å². The number of nitrogens with zero attached hydrogens (tertiary/aromatic N) is 6. The average Bonchev–Trinajstić information content (AvgIpc) is 3.20. The molecule has 128 valence electrons. The first-order valence-corrected chi connectivity index (χ1v) is 8.30. The smallest absolute Gasteiger partial charge is 0.293 e. The fourth-order valence-corrected chi connectivity index (χ4v) is 2.39. The molecule has 1 aromatic carbocycles. The van der Waals surface area contributed by atoms with E-state index in [1.807, 2.05) is 30.5 Å². The molecule has 0 unspecified atom stereocenters. The van der Waals surface area contributed by atoms with Gasteiger partial charge >= 0.3 is 0 Å². The molecule has 0 spiro atoms. The van der Waals surface area contributed by atoms with E-state index in [4.69, 9.17) is 5.73 Å². The van der Waals surface area contributed by atoms with Gasteiger partial charge in [0.15, 0.2) is 5.69 Å². The molecule has 0 radical (unpaired) electrons. The van der Waals surface area contributed by atoms with Crippen molar-refractivity contribution in [1.29, 1.82) is 0 Å². The topological polar surface area (TPSA) is 137 Å². The van der Waals surface area contributed by atoms with Crippen LogP contribution in [0.2, 0.25) is 0 Å². The summed E-state index contributed by atoms with van der Waals surface area (Å²) < 4.78 is 5.79. The summed E-state index contributed by atoms with van der Waals surface area (Å²) in [4.78, 5) is 13.3. The summed E-state index contributed by atoms with van der Waals surface area (Å²) in [6.45, 7) is 1.65. The van der Waals surface area contributed by atoms with E-state index in [0.29, 0.717) is 5.69 Å². The van der Waals surface area contributed by atoms with Crippen LogP contribution in [0.1, 0.15) is 21.7 Å². The molecule has 3 rings (SSSR count). The predicted octanol–water partition coefficient (Wildman–Crippen LogP) is 1.03. The Morgan fingerprint density at radius 3 is 2.76 bits per heavy atom. The minimum Gasteiger partial charge on any atom is -0.378 e. The molecule has 2 aromatic heterocycles. The lowest BCUT2D eigenvalue weighted by Gasteiger charge is -1.99. The number of rotatable bonds is 5. The summed E-state index contributed by atoms with van der Waals surface area (Å²) in [5.41, 5.74) is 9.41. The van der Waals surface area contributed by atoms with Crippen LogP contribution in [0.25, 0.3) is 5.82 Å². The number of carbonyl (C=O) groups excluding carboxylic acids is 1. The van der Waals surface area contributed by atoms with Gasteiger partial charge in [-0.15, -0.1) is 16.9 Å². The van der Waals surface area contributed by atoms with E-state index in [9.17, 15) is 4.79 Å². The van der Waals surface area contributed by atoms with Gasteiger partial charge in [0, 0.05) is 4.90 Å². The number of nitrogen functional groups attached to an aromatic ring is 1. The van der Waals surface area contributed by atoms with Gasteiger partial charge in [0.1, 0.15) is 0 Å². The first-order valence-electron chi connectivity index (χ1n) is 7.08. The molecular weight excluding hydrogens is 344 g/mol. The molecule has 3 aromatic rings. The molecule has 0 bridgehead atoms. The normalized spacial score (nSPS) is 11.1. The van der Waals surface area contributed by atoms with Crippen LogP contribution >= 0.6 is 11.8 Å². The fraction of sp³-hybridized carbons (Fsp3) is 0.143. The second-order valence-corrected chi connectivity index (χ2v) is 5.76. The van der Waals surface area contributed by atoms with Crippen molar-refractivity contribution in [3.05, 3.63) is 41.2 Å². The number of aromatic nitrogens is 5. The van der Waals surface area contributed by atoms with E-state index in [2.05, 4.69) is 35.8 Å². The minimum absolute atomic E-state index is 0.0478. The van der Waals surface area contributed by atoms with Crippen molar-refractivity contribution in [2.75, 3.05) is 12.0 Å². The summed E-state index contributed by atoms with van der Waals surface area (Å²) in [6, 6.07) is 7.76. The number of hydrazone groups is 1. The minimum atomic E-state index is -0.504. The molecule has 3 N–H and O–H groups in total. The zero-order valence-corrected chi connectivity index (χ0v) is 14.2. The molecular formula is C14H14N8O2S. The van der Waals surface area contributed by atoms with Gasteiger partial charge in [-0.05, 0) is 41.2 Å². The second kappa shape index (κ2) is 7.13. The number of hydrogen-bond acceptors (Lipinski definition) is 9. The molecule has 0 fully saturated rings. The number of amides is 1. The van der Waals surface area contributed by atoms with Crippen LogP contribution in [0.3, 0.4) is 0 Å². The molecule has 0 aliphatic heterocycles. The van der Waals surface area contributed by atoms with Gasteiger partial charge < -0.3 is 5.73 Å². The number of hydrogen-bond donors (Lipinski definition) is 2. The largest absolute Gasteiger partial charge is 0.378 e. The lowest BCUT2D eigenvalue weighted by atomic mass is 10.2. The van der Waals surface area contributed by atoms with Crippen LogP contribution in [0.4, 0.5) is 5.82 Å². The van der Waals surface area contributed by atoms with E-state index >= 15 is 0 Å². The molecule has 1 amide bonds. The van der Waals surface area contributed by atoms with Crippen LogP contribution in [0, 0.1) is 6.92 Å². The lowest BCUT2D eigenvalue weighted by molar-refractivity contribution is 0.0949. The molecule has 0 aliphatic rings. The van der Waals surface area contributed by atoms with Crippen molar-refractivity contribution in [2.45, 2.75) is 11.8 Å². The molecule has 0 saturated carbocycles. The van der Waals surface area contributed by atoms with Gasteiger partial charge in [-0.2, -0.15) is 9.78 Å². The van der Waals surface area contributed by atoms with Gasteiger partial charge in [0.2, 0.25) is 11.6 Å². The van der Waals surface area contributed by atoms with Crippen molar-refractivity contribution in [2.24, 2.45) is 5.10 Å². The van der Waals surface area contributed by atoms with Gasteiger partial charge in [-0.25, -0.2) is 10.1 Å².